The first-order valence-corrected chi connectivity index (χ1v) is 4.95. The maximum atomic E-state index is 5.12. The summed E-state index contributed by atoms with van der Waals surface area (Å²) in [5.74, 6) is 0.955. The largest absolute Gasteiger partial charge is 0.383 e. The molecule has 0 amide bonds. The zero-order chi connectivity index (χ0) is 10.4. The van der Waals surface area contributed by atoms with Crippen LogP contribution < -0.4 is 5.32 Å². The fourth-order valence-corrected chi connectivity index (χ4v) is 1.29. The SMILES string of the molecule is CCC(COC)Nc1ncccc1C. The quantitative estimate of drug-likeness (QED) is 0.780. The lowest BCUT2D eigenvalue weighted by Gasteiger charge is -2.17. The molecule has 1 unspecified atom stereocenters. The zero-order valence-corrected chi connectivity index (χ0v) is 9.08. The van der Waals surface area contributed by atoms with E-state index >= 15 is 0 Å². The Morgan fingerprint density at radius 3 is 2.93 bits per heavy atom. The third-order valence-corrected chi connectivity index (χ3v) is 2.21. The summed E-state index contributed by atoms with van der Waals surface area (Å²) >= 11 is 0. The molecule has 0 aliphatic rings. The molecular weight excluding hydrogens is 176 g/mol. The summed E-state index contributed by atoms with van der Waals surface area (Å²) in [6.45, 7) is 4.90. The van der Waals surface area contributed by atoms with E-state index in [-0.39, 0.29) is 0 Å². The number of nitrogens with zero attached hydrogens (tertiary/aromatic N) is 1. The van der Waals surface area contributed by atoms with Gasteiger partial charge in [-0.05, 0) is 25.0 Å². The average molecular weight is 194 g/mol. The monoisotopic (exact) mass is 194 g/mol. The molecule has 78 valence electrons. The zero-order valence-electron chi connectivity index (χ0n) is 9.08. The third-order valence-electron chi connectivity index (χ3n) is 2.21. The molecule has 0 aliphatic carbocycles. The molecule has 1 aromatic heterocycles. The van der Waals surface area contributed by atoms with Crippen molar-refractivity contribution in [3.63, 3.8) is 0 Å². The highest BCUT2D eigenvalue weighted by Crippen LogP contribution is 2.11. The van der Waals surface area contributed by atoms with Gasteiger partial charge in [0.25, 0.3) is 0 Å². The van der Waals surface area contributed by atoms with Crippen molar-refractivity contribution in [3.8, 4) is 0 Å². The van der Waals surface area contributed by atoms with Crippen LogP contribution in [0.25, 0.3) is 0 Å². The van der Waals surface area contributed by atoms with Gasteiger partial charge in [0.05, 0.1) is 12.6 Å². The van der Waals surface area contributed by atoms with Gasteiger partial charge in [0, 0.05) is 13.3 Å². The molecule has 1 aromatic rings. The van der Waals surface area contributed by atoms with Crippen LogP contribution >= 0.6 is 0 Å². The predicted molar refractivity (Wildman–Crippen MR) is 58.6 cm³/mol. The van der Waals surface area contributed by atoms with Gasteiger partial charge in [-0.1, -0.05) is 13.0 Å². The van der Waals surface area contributed by atoms with E-state index in [4.69, 9.17) is 4.74 Å². The lowest BCUT2D eigenvalue weighted by Crippen LogP contribution is -2.24. The molecule has 0 spiro atoms. The summed E-state index contributed by atoms with van der Waals surface area (Å²) in [5.41, 5.74) is 1.17. The first-order valence-electron chi connectivity index (χ1n) is 4.95. The molecule has 0 bridgehead atoms. The summed E-state index contributed by atoms with van der Waals surface area (Å²) in [4.78, 5) is 4.28. The highest BCUT2D eigenvalue weighted by molar-refractivity contribution is 5.43. The van der Waals surface area contributed by atoms with Crippen molar-refractivity contribution in [1.29, 1.82) is 0 Å². The van der Waals surface area contributed by atoms with Crippen molar-refractivity contribution in [2.75, 3.05) is 19.0 Å². The Labute approximate surface area is 85.5 Å². The van der Waals surface area contributed by atoms with Crippen molar-refractivity contribution in [3.05, 3.63) is 23.9 Å². The molecule has 3 nitrogen and oxygen atoms in total. The van der Waals surface area contributed by atoms with E-state index in [1.807, 2.05) is 6.07 Å². The number of anilines is 1. The van der Waals surface area contributed by atoms with E-state index in [9.17, 15) is 0 Å². The van der Waals surface area contributed by atoms with E-state index in [0.29, 0.717) is 12.6 Å². The van der Waals surface area contributed by atoms with Crippen LogP contribution in [0.3, 0.4) is 0 Å². The molecule has 0 aromatic carbocycles. The van der Waals surface area contributed by atoms with Gasteiger partial charge in [-0.15, -0.1) is 0 Å². The van der Waals surface area contributed by atoms with E-state index < -0.39 is 0 Å². The number of methoxy groups -OCH3 is 1. The van der Waals surface area contributed by atoms with Gasteiger partial charge in [-0.2, -0.15) is 0 Å². The van der Waals surface area contributed by atoms with Crippen LogP contribution in [0.4, 0.5) is 5.82 Å². The van der Waals surface area contributed by atoms with Crippen LogP contribution in [0.15, 0.2) is 18.3 Å². The molecular formula is C11H18N2O. The fraction of sp³-hybridized carbons (Fsp3) is 0.545. The van der Waals surface area contributed by atoms with E-state index in [1.54, 1.807) is 13.3 Å². The number of rotatable bonds is 5. The summed E-state index contributed by atoms with van der Waals surface area (Å²) in [6, 6.07) is 4.33. The Kier molecular flexibility index (Phi) is 4.40. The molecule has 0 fully saturated rings. The second kappa shape index (κ2) is 5.60. The van der Waals surface area contributed by atoms with Gasteiger partial charge >= 0.3 is 0 Å². The molecule has 0 saturated carbocycles. The standard InChI is InChI=1S/C11H18N2O/c1-4-10(8-14-3)13-11-9(2)6-5-7-12-11/h5-7,10H,4,8H2,1-3H3,(H,12,13). The summed E-state index contributed by atoms with van der Waals surface area (Å²) < 4.78 is 5.12. The molecule has 14 heavy (non-hydrogen) atoms. The van der Waals surface area contributed by atoms with E-state index in [0.717, 1.165) is 12.2 Å². The molecule has 1 atom stereocenters. The lowest BCUT2D eigenvalue weighted by molar-refractivity contribution is 0.184. The number of nitrogens with one attached hydrogen (secondary N) is 1. The van der Waals surface area contributed by atoms with Crippen molar-refractivity contribution in [2.45, 2.75) is 26.3 Å². The van der Waals surface area contributed by atoms with E-state index in [1.165, 1.54) is 5.56 Å². The second-order valence-corrected chi connectivity index (χ2v) is 3.37. The number of aromatic nitrogens is 1. The summed E-state index contributed by atoms with van der Waals surface area (Å²) in [6.07, 6.45) is 2.83. The Morgan fingerprint density at radius 1 is 1.57 bits per heavy atom. The molecule has 3 heteroatoms. The minimum Gasteiger partial charge on any atom is -0.383 e. The first-order chi connectivity index (χ1) is 6.77. The van der Waals surface area contributed by atoms with E-state index in [2.05, 4.69) is 30.2 Å². The maximum absolute atomic E-state index is 5.12. The van der Waals surface area contributed by atoms with Crippen molar-refractivity contribution >= 4 is 5.82 Å². The number of pyridine rings is 1. The van der Waals surface area contributed by atoms with Gasteiger partial charge in [0.1, 0.15) is 5.82 Å². The Bertz CT molecular complexity index is 276. The van der Waals surface area contributed by atoms with Gasteiger partial charge in [0.2, 0.25) is 0 Å². The van der Waals surface area contributed by atoms with Crippen LogP contribution in [0.2, 0.25) is 0 Å². The Balaban J connectivity index is 2.62. The topological polar surface area (TPSA) is 34.1 Å². The molecule has 0 aliphatic heterocycles. The Hall–Kier alpha value is -1.09. The summed E-state index contributed by atoms with van der Waals surface area (Å²) in [5, 5.41) is 3.36. The molecule has 0 saturated heterocycles. The van der Waals surface area contributed by atoms with Gasteiger partial charge in [0.15, 0.2) is 0 Å². The van der Waals surface area contributed by atoms with Crippen LogP contribution in [-0.4, -0.2) is 24.7 Å². The van der Waals surface area contributed by atoms with Crippen molar-refractivity contribution < 1.29 is 4.74 Å². The number of ether oxygens (including phenoxy) is 1. The highest BCUT2D eigenvalue weighted by atomic mass is 16.5. The van der Waals surface area contributed by atoms with Crippen molar-refractivity contribution in [2.24, 2.45) is 0 Å². The molecule has 1 rings (SSSR count). The van der Waals surface area contributed by atoms with Crippen LogP contribution in [0.1, 0.15) is 18.9 Å². The van der Waals surface area contributed by atoms with Crippen molar-refractivity contribution in [1.82, 2.24) is 4.98 Å². The van der Waals surface area contributed by atoms with Gasteiger partial charge in [-0.25, -0.2) is 4.98 Å². The third kappa shape index (κ3) is 3.00. The average Bonchev–Trinajstić information content (AvgIpc) is 2.20. The number of hydrogen-bond donors (Lipinski definition) is 1. The van der Waals surface area contributed by atoms with Crippen LogP contribution in [-0.2, 0) is 4.74 Å². The first kappa shape index (κ1) is 11.0. The normalized spacial score (nSPS) is 12.5. The summed E-state index contributed by atoms with van der Waals surface area (Å²) in [7, 11) is 1.72. The molecule has 0 radical (unpaired) electrons. The number of hydrogen-bond acceptors (Lipinski definition) is 3. The van der Waals surface area contributed by atoms with Gasteiger partial charge < -0.3 is 10.1 Å². The smallest absolute Gasteiger partial charge is 0.129 e. The fourth-order valence-electron chi connectivity index (χ4n) is 1.29. The maximum Gasteiger partial charge on any atom is 0.129 e. The van der Waals surface area contributed by atoms with Crippen LogP contribution in [0.5, 0.6) is 0 Å². The van der Waals surface area contributed by atoms with Gasteiger partial charge in [-0.3, -0.25) is 0 Å². The predicted octanol–water partition coefficient (Wildman–Crippen LogP) is 2.23. The highest BCUT2D eigenvalue weighted by Gasteiger charge is 2.07. The minimum atomic E-state index is 0.341. The number of aryl methyl sites for hydroxylation is 1. The van der Waals surface area contributed by atoms with Crippen LogP contribution in [0, 0.1) is 6.92 Å². The molecule has 1 N–H and O–H groups in total. The second-order valence-electron chi connectivity index (χ2n) is 3.37. The lowest BCUT2D eigenvalue weighted by atomic mass is 10.2. The Morgan fingerprint density at radius 2 is 2.36 bits per heavy atom. The minimum absolute atomic E-state index is 0.341. The molecule has 1 heterocycles.